The lowest BCUT2D eigenvalue weighted by molar-refractivity contribution is 0.0815. The van der Waals surface area contributed by atoms with Crippen LogP contribution in [0.3, 0.4) is 0 Å². The fourth-order valence-corrected chi connectivity index (χ4v) is 2.81. The number of para-hydroxylation sites is 1. The summed E-state index contributed by atoms with van der Waals surface area (Å²) in [6.07, 6.45) is 0. The fraction of sp³-hybridized carbons (Fsp3) is 0.571. The summed E-state index contributed by atoms with van der Waals surface area (Å²) in [6.45, 7) is 10.9. The largest absolute Gasteiger partial charge is 0.288 e. The number of hydrogen-bond donors (Lipinski definition) is 1. The number of nitrogens with zero attached hydrogens (tertiary/aromatic N) is 1. The predicted octanol–water partition coefficient (Wildman–Crippen LogP) is 3.59. The first-order valence-corrected chi connectivity index (χ1v) is 5.88. The van der Waals surface area contributed by atoms with Gasteiger partial charge >= 0.3 is 0 Å². The first-order valence-electron chi connectivity index (χ1n) is 5.88. The van der Waals surface area contributed by atoms with Gasteiger partial charge in [0.2, 0.25) is 0 Å². The van der Waals surface area contributed by atoms with Crippen molar-refractivity contribution in [3.05, 3.63) is 29.8 Å². The number of hydroxylamine groups is 1. The smallest absolute Gasteiger partial charge is 0.0678 e. The Hall–Kier alpha value is -1.02. The highest BCUT2D eigenvalue weighted by Gasteiger charge is 2.48. The second-order valence-electron chi connectivity index (χ2n) is 5.93. The maximum Gasteiger partial charge on any atom is 0.0678 e. The first-order chi connectivity index (χ1) is 7.29. The zero-order valence-corrected chi connectivity index (χ0v) is 10.8. The van der Waals surface area contributed by atoms with E-state index in [0.29, 0.717) is 5.92 Å². The van der Waals surface area contributed by atoms with Gasteiger partial charge in [0.05, 0.1) is 11.2 Å². The Balaban J connectivity index is 2.67. The van der Waals surface area contributed by atoms with E-state index in [1.54, 1.807) is 0 Å². The Morgan fingerprint density at radius 3 is 2.31 bits per heavy atom. The molecule has 0 amide bonds. The third-order valence-electron chi connectivity index (χ3n) is 4.51. The van der Waals surface area contributed by atoms with E-state index in [4.69, 9.17) is 0 Å². The van der Waals surface area contributed by atoms with Gasteiger partial charge in [0.15, 0.2) is 0 Å². The van der Waals surface area contributed by atoms with Gasteiger partial charge in [-0.1, -0.05) is 39.0 Å². The van der Waals surface area contributed by atoms with Gasteiger partial charge in [0, 0.05) is 0 Å². The number of rotatable bonds is 0. The maximum atomic E-state index is 10.3. The van der Waals surface area contributed by atoms with Crippen molar-refractivity contribution in [2.75, 3.05) is 5.06 Å². The summed E-state index contributed by atoms with van der Waals surface area (Å²) in [5, 5.41) is 11.8. The van der Waals surface area contributed by atoms with Crippen molar-refractivity contribution >= 4 is 5.69 Å². The monoisotopic (exact) mass is 219 g/mol. The topological polar surface area (TPSA) is 23.5 Å². The summed E-state index contributed by atoms with van der Waals surface area (Å²) in [5.41, 5.74) is 2.01. The Morgan fingerprint density at radius 2 is 1.69 bits per heavy atom. The van der Waals surface area contributed by atoms with Gasteiger partial charge in [0.1, 0.15) is 0 Å². The highest BCUT2D eigenvalue weighted by molar-refractivity contribution is 5.59. The van der Waals surface area contributed by atoms with Gasteiger partial charge in [-0.2, -0.15) is 0 Å². The van der Waals surface area contributed by atoms with Gasteiger partial charge in [-0.25, -0.2) is 0 Å². The minimum Gasteiger partial charge on any atom is -0.288 e. The highest BCUT2D eigenvalue weighted by atomic mass is 16.5. The lowest BCUT2D eigenvalue weighted by Gasteiger charge is -2.52. The standard InChI is InChI=1S/C14H21NO/c1-10-13(2,3)11-8-6-7-9-12(11)15(16)14(10,4)5/h6-10,16H,1-5H3. The van der Waals surface area contributed by atoms with Crippen LogP contribution in [-0.4, -0.2) is 10.7 Å². The van der Waals surface area contributed by atoms with Crippen molar-refractivity contribution < 1.29 is 5.21 Å². The SMILES string of the molecule is CC1C(C)(C)c2ccccc2N(O)C1(C)C. The molecule has 1 aromatic carbocycles. The van der Waals surface area contributed by atoms with Crippen molar-refractivity contribution in [1.82, 2.24) is 0 Å². The third-order valence-corrected chi connectivity index (χ3v) is 4.51. The van der Waals surface area contributed by atoms with Crippen LogP contribution in [0.15, 0.2) is 24.3 Å². The maximum absolute atomic E-state index is 10.3. The number of hydrogen-bond acceptors (Lipinski definition) is 2. The summed E-state index contributed by atoms with van der Waals surface area (Å²) in [7, 11) is 0. The minimum absolute atomic E-state index is 0.0827. The van der Waals surface area contributed by atoms with Crippen LogP contribution in [0.2, 0.25) is 0 Å². The van der Waals surface area contributed by atoms with E-state index in [1.165, 1.54) is 10.6 Å². The molecule has 2 nitrogen and oxygen atoms in total. The molecule has 1 atom stereocenters. The van der Waals surface area contributed by atoms with Crippen molar-refractivity contribution in [3.8, 4) is 0 Å². The van der Waals surface area contributed by atoms with Crippen molar-refractivity contribution in [1.29, 1.82) is 0 Å². The van der Waals surface area contributed by atoms with Crippen molar-refractivity contribution in [2.45, 2.75) is 45.6 Å². The second-order valence-corrected chi connectivity index (χ2v) is 5.93. The summed E-state index contributed by atoms with van der Waals surface area (Å²) in [5.74, 6) is 0.375. The summed E-state index contributed by atoms with van der Waals surface area (Å²) in [6, 6.07) is 8.12. The van der Waals surface area contributed by atoms with Gasteiger partial charge < -0.3 is 0 Å². The van der Waals surface area contributed by atoms with Crippen LogP contribution in [0.4, 0.5) is 5.69 Å². The zero-order valence-electron chi connectivity index (χ0n) is 10.8. The lowest BCUT2D eigenvalue weighted by Crippen LogP contribution is -2.57. The molecule has 1 heterocycles. The number of fused-ring (bicyclic) bond motifs is 1. The van der Waals surface area contributed by atoms with Crippen LogP contribution in [0.1, 0.15) is 40.2 Å². The molecule has 0 saturated carbocycles. The Kier molecular flexibility index (Phi) is 2.32. The quantitative estimate of drug-likeness (QED) is 0.720. The average molecular weight is 219 g/mol. The molecule has 0 saturated heterocycles. The van der Waals surface area contributed by atoms with Crippen molar-refractivity contribution in [3.63, 3.8) is 0 Å². The van der Waals surface area contributed by atoms with E-state index in [2.05, 4.69) is 40.7 Å². The van der Waals surface area contributed by atoms with Gasteiger partial charge in [-0.3, -0.25) is 10.3 Å². The molecule has 0 aliphatic carbocycles. The van der Waals surface area contributed by atoms with E-state index in [0.717, 1.165) is 5.69 Å². The Bertz CT molecular complexity index is 409. The van der Waals surface area contributed by atoms with Crippen molar-refractivity contribution in [2.24, 2.45) is 5.92 Å². The molecule has 0 bridgehead atoms. The molecule has 0 spiro atoms. The molecule has 1 aromatic rings. The van der Waals surface area contributed by atoms with Gasteiger partial charge in [0.25, 0.3) is 0 Å². The Labute approximate surface area is 97.9 Å². The van der Waals surface area contributed by atoms with Crippen LogP contribution in [0, 0.1) is 5.92 Å². The van der Waals surface area contributed by atoms with Crippen LogP contribution >= 0.6 is 0 Å². The zero-order chi connectivity index (χ0) is 12.1. The molecule has 0 fully saturated rings. The highest BCUT2D eigenvalue weighted by Crippen LogP contribution is 2.49. The Morgan fingerprint density at radius 1 is 1.12 bits per heavy atom. The van der Waals surface area contributed by atoms with E-state index in [-0.39, 0.29) is 11.0 Å². The predicted molar refractivity (Wildman–Crippen MR) is 67.0 cm³/mol. The lowest BCUT2D eigenvalue weighted by atomic mass is 9.63. The number of anilines is 1. The average Bonchev–Trinajstić information content (AvgIpc) is 2.25. The minimum atomic E-state index is -0.238. The second kappa shape index (κ2) is 3.24. The van der Waals surface area contributed by atoms with E-state index in [9.17, 15) is 5.21 Å². The van der Waals surface area contributed by atoms with Crippen LogP contribution in [0.25, 0.3) is 0 Å². The molecule has 0 radical (unpaired) electrons. The van der Waals surface area contributed by atoms with Crippen LogP contribution in [0.5, 0.6) is 0 Å². The van der Waals surface area contributed by atoms with Crippen LogP contribution in [-0.2, 0) is 5.41 Å². The molecule has 88 valence electrons. The molecular weight excluding hydrogens is 198 g/mol. The summed E-state index contributed by atoms with van der Waals surface area (Å²) >= 11 is 0. The first kappa shape index (κ1) is 11.5. The third kappa shape index (κ3) is 1.29. The number of benzene rings is 1. The normalized spacial score (nSPS) is 26.4. The molecule has 1 unspecified atom stereocenters. The molecule has 0 aromatic heterocycles. The van der Waals surface area contributed by atoms with E-state index < -0.39 is 0 Å². The van der Waals surface area contributed by atoms with E-state index >= 15 is 0 Å². The molecular formula is C14H21NO. The van der Waals surface area contributed by atoms with Gasteiger partial charge in [-0.05, 0) is 36.8 Å². The fourth-order valence-electron chi connectivity index (χ4n) is 2.81. The van der Waals surface area contributed by atoms with Crippen LogP contribution < -0.4 is 5.06 Å². The van der Waals surface area contributed by atoms with E-state index in [1.807, 2.05) is 18.2 Å². The molecule has 1 aliphatic rings. The summed E-state index contributed by atoms with van der Waals surface area (Å²) in [4.78, 5) is 0. The summed E-state index contributed by atoms with van der Waals surface area (Å²) < 4.78 is 0. The molecule has 16 heavy (non-hydrogen) atoms. The molecule has 1 aliphatic heterocycles. The van der Waals surface area contributed by atoms with Gasteiger partial charge in [-0.15, -0.1) is 0 Å². The molecule has 1 N–H and O–H groups in total. The molecule has 2 rings (SSSR count). The molecule has 2 heteroatoms.